The van der Waals surface area contributed by atoms with E-state index in [0.717, 1.165) is 11.3 Å². The van der Waals surface area contributed by atoms with Crippen LogP contribution in [0.2, 0.25) is 0 Å². The smallest absolute Gasteiger partial charge is 0.355 e. The van der Waals surface area contributed by atoms with Crippen molar-refractivity contribution in [1.82, 2.24) is 5.32 Å². The number of ether oxygens (including phenoxy) is 2. The van der Waals surface area contributed by atoms with Gasteiger partial charge in [-0.1, -0.05) is 30.3 Å². The summed E-state index contributed by atoms with van der Waals surface area (Å²) in [4.78, 5) is 49.2. The van der Waals surface area contributed by atoms with Gasteiger partial charge in [-0.2, -0.15) is 0 Å². The fourth-order valence-electron chi connectivity index (χ4n) is 3.04. The highest BCUT2D eigenvalue weighted by atomic mass is 32.1. The van der Waals surface area contributed by atoms with Crippen molar-refractivity contribution in [2.75, 3.05) is 18.5 Å². The number of anilines is 1. The molecule has 2 N–H and O–H groups in total. The first-order valence-corrected chi connectivity index (χ1v) is 11.5. The molecule has 0 fully saturated rings. The predicted octanol–water partition coefficient (Wildman–Crippen LogP) is 4.15. The van der Waals surface area contributed by atoms with Gasteiger partial charge < -0.3 is 24.5 Å². The molecule has 0 spiro atoms. The van der Waals surface area contributed by atoms with Crippen LogP contribution >= 0.6 is 11.3 Å². The van der Waals surface area contributed by atoms with Crippen LogP contribution < -0.4 is 10.6 Å². The molecule has 1 aromatic carbocycles. The number of aryl methyl sites for hydroxylation is 1. The molecule has 0 aliphatic carbocycles. The lowest BCUT2D eigenvalue weighted by atomic mass is 10.1. The molecule has 0 saturated heterocycles. The van der Waals surface area contributed by atoms with Crippen LogP contribution in [0.5, 0.6) is 0 Å². The summed E-state index contributed by atoms with van der Waals surface area (Å²) in [5.74, 6) is -1.52. The zero-order valence-electron chi connectivity index (χ0n) is 19.4. The van der Waals surface area contributed by atoms with Crippen molar-refractivity contribution in [1.29, 1.82) is 0 Å². The van der Waals surface area contributed by atoms with Gasteiger partial charge in [0, 0.05) is 17.9 Å². The molecule has 35 heavy (non-hydrogen) atoms. The number of nitrogens with one attached hydrogen (secondary N) is 2. The number of esters is 2. The van der Waals surface area contributed by atoms with Gasteiger partial charge in [-0.25, -0.2) is 9.59 Å². The Morgan fingerprint density at radius 3 is 2.43 bits per heavy atom. The number of carbonyl (C=O) groups excluding carboxylic acids is 4. The second-order valence-corrected chi connectivity index (χ2v) is 8.14. The molecule has 182 valence electrons. The van der Waals surface area contributed by atoms with Crippen LogP contribution in [0.3, 0.4) is 0 Å². The minimum Gasteiger partial charge on any atom is -0.462 e. The lowest BCUT2D eigenvalue weighted by Crippen LogP contribution is -2.29. The average molecular weight is 497 g/mol. The fourth-order valence-corrected chi connectivity index (χ4v) is 3.99. The molecule has 9 nitrogen and oxygen atoms in total. The summed E-state index contributed by atoms with van der Waals surface area (Å²) in [6.45, 7) is 4.22. The Morgan fingerprint density at radius 1 is 1.06 bits per heavy atom. The molecule has 3 aromatic rings. The van der Waals surface area contributed by atoms with Crippen LogP contribution in [0, 0.1) is 6.92 Å². The number of rotatable bonds is 9. The molecule has 0 radical (unpaired) electrons. The van der Waals surface area contributed by atoms with Crippen molar-refractivity contribution in [2.45, 2.75) is 20.8 Å². The summed E-state index contributed by atoms with van der Waals surface area (Å²) < 4.78 is 15.9. The molecule has 3 rings (SSSR count). The van der Waals surface area contributed by atoms with E-state index in [0.29, 0.717) is 22.6 Å². The normalized spacial score (nSPS) is 11.0. The Bertz CT molecular complexity index is 1260. The number of hydrogen-bond donors (Lipinski definition) is 2. The molecule has 0 unspecified atom stereocenters. The first kappa shape index (κ1) is 25.4. The van der Waals surface area contributed by atoms with Crippen LogP contribution in [0.15, 0.2) is 58.0 Å². The lowest BCUT2D eigenvalue weighted by Gasteiger charge is -2.10. The largest absolute Gasteiger partial charge is 0.462 e. The summed E-state index contributed by atoms with van der Waals surface area (Å²) in [7, 11) is 0. The quantitative estimate of drug-likeness (QED) is 0.337. The molecule has 2 heterocycles. The maximum Gasteiger partial charge on any atom is 0.355 e. The van der Waals surface area contributed by atoms with Gasteiger partial charge in [0.2, 0.25) is 5.91 Å². The maximum atomic E-state index is 12.6. The van der Waals surface area contributed by atoms with Gasteiger partial charge in [-0.15, -0.1) is 11.3 Å². The summed E-state index contributed by atoms with van der Waals surface area (Å²) >= 11 is 1.11. The van der Waals surface area contributed by atoms with E-state index >= 15 is 0 Å². The molecule has 10 heteroatoms. The fraction of sp³-hybridized carbons (Fsp3) is 0.200. The Kier molecular flexibility index (Phi) is 8.58. The van der Waals surface area contributed by atoms with E-state index in [9.17, 15) is 19.2 Å². The van der Waals surface area contributed by atoms with E-state index in [1.54, 1.807) is 55.6 Å². The monoisotopic (exact) mass is 496 g/mol. The molecule has 0 aliphatic rings. The first-order chi connectivity index (χ1) is 16.8. The van der Waals surface area contributed by atoms with Crippen LogP contribution in [-0.2, 0) is 23.9 Å². The van der Waals surface area contributed by atoms with Crippen molar-refractivity contribution in [3.63, 3.8) is 0 Å². The van der Waals surface area contributed by atoms with Crippen molar-refractivity contribution in [2.24, 2.45) is 0 Å². The Balaban J connectivity index is 1.73. The highest BCUT2D eigenvalue weighted by molar-refractivity contribution is 7.15. The van der Waals surface area contributed by atoms with Crippen LogP contribution in [0.25, 0.3) is 17.4 Å². The topological polar surface area (TPSA) is 124 Å². The minimum atomic E-state index is -0.886. The highest BCUT2D eigenvalue weighted by Crippen LogP contribution is 2.37. The van der Waals surface area contributed by atoms with E-state index in [-0.39, 0.29) is 22.9 Å². The van der Waals surface area contributed by atoms with Gasteiger partial charge in [0.25, 0.3) is 5.91 Å². The van der Waals surface area contributed by atoms with Crippen molar-refractivity contribution in [3.8, 4) is 11.3 Å². The summed E-state index contributed by atoms with van der Waals surface area (Å²) in [5, 5.41) is 6.90. The summed E-state index contributed by atoms with van der Waals surface area (Å²) in [6.07, 6.45) is 1.44. The Labute approximate surface area is 205 Å². The third-order valence-electron chi connectivity index (χ3n) is 4.50. The molecular formula is C25H24N2O7S. The van der Waals surface area contributed by atoms with Crippen molar-refractivity contribution < 1.29 is 33.1 Å². The number of amides is 2. The summed E-state index contributed by atoms with van der Waals surface area (Å²) in [6, 6.07) is 12.3. The summed E-state index contributed by atoms with van der Waals surface area (Å²) in [5.41, 5.74) is 1.17. The molecule has 2 amide bonds. The predicted molar refractivity (Wildman–Crippen MR) is 131 cm³/mol. The van der Waals surface area contributed by atoms with E-state index in [2.05, 4.69) is 10.6 Å². The molecular weight excluding hydrogens is 472 g/mol. The maximum absolute atomic E-state index is 12.6. The zero-order valence-corrected chi connectivity index (χ0v) is 20.2. The number of furan rings is 1. The highest BCUT2D eigenvalue weighted by Gasteiger charge is 2.25. The van der Waals surface area contributed by atoms with Gasteiger partial charge in [0.1, 0.15) is 27.8 Å². The van der Waals surface area contributed by atoms with Crippen LogP contribution in [0.4, 0.5) is 5.00 Å². The van der Waals surface area contributed by atoms with Gasteiger partial charge in [0.15, 0.2) is 6.61 Å². The number of benzene rings is 1. The number of carbonyl (C=O) groups is 4. The van der Waals surface area contributed by atoms with E-state index in [1.807, 2.05) is 6.07 Å². The van der Waals surface area contributed by atoms with E-state index in [1.165, 1.54) is 13.0 Å². The third-order valence-corrected chi connectivity index (χ3v) is 5.40. The van der Waals surface area contributed by atoms with E-state index < -0.39 is 30.4 Å². The van der Waals surface area contributed by atoms with Gasteiger partial charge >= 0.3 is 11.9 Å². The van der Waals surface area contributed by atoms with Crippen molar-refractivity contribution in [3.05, 3.63) is 70.4 Å². The van der Waals surface area contributed by atoms with Crippen LogP contribution in [-0.4, -0.2) is 37.0 Å². The number of hydrogen-bond acceptors (Lipinski definition) is 8. The van der Waals surface area contributed by atoms with Gasteiger partial charge in [-0.3, -0.25) is 9.59 Å². The van der Waals surface area contributed by atoms with Gasteiger partial charge in [-0.05, 0) is 37.6 Å². The van der Waals surface area contributed by atoms with Crippen molar-refractivity contribution >= 4 is 46.2 Å². The minimum absolute atomic E-state index is 0.115. The van der Waals surface area contributed by atoms with Crippen LogP contribution in [0.1, 0.15) is 35.5 Å². The Hall–Kier alpha value is -4.18. The lowest BCUT2D eigenvalue weighted by molar-refractivity contribution is -0.144. The molecule has 0 bridgehead atoms. The molecule has 2 aromatic heterocycles. The molecule has 0 saturated carbocycles. The standard InChI is InChI=1S/C25H24N2O7S/c1-4-32-25(31)22-18(20-11-10-15(2)34-20)14-35-23(22)27-21(29)13-33-24(30)19(26-16(3)28)12-17-8-6-5-7-9-17/h5-12,14H,4,13H2,1-3H3,(H,26,28)(H,27,29)/b19-12-. The SMILES string of the molecule is CCOC(=O)c1c(-c2ccc(C)o2)csc1NC(=O)COC(=O)/C(=C/c1ccccc1)NC(C)=O. The molecule has 0 aliphatic heterocycles. The zero-order chi connectivity index (χ0) is 25.4. The van der Waals surface area contributed by atoms with Gasteiger partial charge in [0.05, 0.1) is 6.61 Å². The third kappa shape index (κ3) is 6.90. The Morgan fingerprint density at radius 2 is 1.80 bits per heavy atom. The molecule has 0 atom stereocenters. The second-order valence-electron chi connectivity index (χ2n) is 7.26. The van der Waals surface area contributed by atoms with E-state index in [4.69, 9.17) is 13.9 Å². The average Bonchev–Trinajstić information content (AvgIpc) is 3.43. The number of thiophene rings is 1. The first-order valence-electron chi connectivity index (χ1n) is 10.6. The second kappa shape index (κ2) is 11.8.